The molecule has 5 nitrogen and oxygen atoms in total. The zero-order valence-corrected chi connectivity index (χ0v) is 14.3. The number of hydrogen-bond donors (Lipinski definition) is 1. The number of ether oxygens (including phenoxy) is 1. The Morgan fingerprint density at radius 3 is 2.50 bits per heavy atom. The van der Waals surface area contributed by atoms with Crippen molar-refractivity contribution in [3.63, 3.8) is 0 Å². The van der Waals surface area contributed by atoms with Gasteiger partial charge in [-0.15, -0.1) is 11.3 Å². The molecule has 1 heterocycles. The molecule has 1 aromatic heterocycles. The molecule has 24 heavy (non-hydrogen) atoms. The summed E-state index contributed by atoms with van der Waals surface area (Å²) in [5.74, 6) is -0.847. The molecule has 0 fully saturated rings. The third-order valence-corrected chi connectivity index (χ3v) is 4.28. The Balaban J connectivity index is 1.95. The second kappa shape index (κ2) is 8.27. The van der Waals surface area contributed by atoms with Gasteiger partial charge in [0.1, 0.15) is 12.6 Å². The highest BCUT2D eigenvalue weighted by atomic mass is 32.1. The highest BCUT2D eigenvalue weighted by molar-refractivity contribution is 7.12. The molecule has 1 unspecified atom stereocenters. The molecule has 0 radical (unpaired) electrons. The predicted octanol–water partition coefficient (Wildman–Crippen LogP) is 3.12. The van der Waals surface area contributed by atoms with Crippen LogP contribution < -0.4 is 5.32 Å². The van der Waals surface area contributed by atoms with Gasteiger partial charge in [0.05, 0.1) is 16.5 Å². The number of benzene rings is 1. The number of thiophene rings is 1. The lowest BCUT2D eigenvalue weighted by Crippen LogP contribution is -2.45. The lowest BCUT2D eigenvalue weighted by Gasteiger charge is -2.20. The van der Waals surface area contributed by atoms with E-state index in [1.165, 1.54) is 11.3 Å². The van der Waals surface area contributed by atoms with Gasteiger partial charge in [0.2, 0.25) is 0 Å². The Labute approximate surface area is 144 Å². The Hall–Kier alpha value is -2.65. The summed E-state index contributed by atoms with van der Waals surface area (Å²) < 4.78 is 5.31. The summed E-state index contributed by atoms with van der Waals surface area (Å²) in [6.45, 7) is 3.80. The molecule has 0 saturated heterocycles. The number of hydrogen-bond acceptors (Lipinski definition) is 5. The Bertz CT molecular complexity index is 731. The number of amides is 1. The number of carbonyl (C=O) groups is 2. The second-order valence-corrected chi connectivity index (χ2v) is 6.54. The van der Waals surface area contributed by atoms with Crippen molar-refractivity contribution in [1.29, 1.82) is 5.26 Å². The van der Waals surface area contributed by atoms with E-state index in [1.54, 1.807) is 36.4 Å². The fourth-order valence-corrected chi connectivity index (χ4v) is 2.66. The third kappa shape index (κ3) is 4.67. The van der Waals surface area contributed by atoms with Gasteiger partial charge in [-0.3, -0.25) is 4.79 Å². The molecule has 0 saturated carbocycles. The molecule has 0 bridgehead atoms. The highest BCUT2D eigenvalue weighted by Gasteiger charge is 2.26. The first-order chi connectivity index (χ1) is 11.5. The molecule has 0 spiro atoms. The van der Waals surface area contributed by atoms with Gasteiger partial charge < -0.3 is 10.1 Å². The van der Waals surface area contributed by atoms with Crippen molar-refractivity contribution < 1.29 is 14.3 Å². The van der Waals surface area contributed by atoms with E-state index in [4.69, 9.17) is 10.00 Å². The molecule has 2 aromatic rings. The van der Waals surface area contributed by atoms with E-state index >= 15 is 0 Å². The van der Waals surface area contributed by atoms with Crippen LogP contribution in [0.1, 0.15) is 34.6 Å². The summed E-state index contributed by atoms with van der Waals surface area (Å²) >= 11 is 1.32. The maximum atomic E-state index is 12.3. The molecule has 1 aromatic carbocycles. The molecule has 2 rings (SSSR count). The van der Waals surface area contributed by atoms with Gasteiger partial charge in [-0.25, -0.2) is 4.79 Å². The fourth-order valence-electron chi connectivity index (χ4n) is 2.04. The van der Waals surface area contributed by atoms with Crippen molar-refractivity contribution in [1.82, 2.24) is 5.32 Å². The summed E-state index contributed by atoms with van der Waals surface area (Å²) in [7, 11) is 0. The minimum absolute atomic E-state index is 0.0950. The Morgan fingerprint density at radius 2 is 1.96 bits per heavy atom. The van der Waals surface area contributed by atoms with Crippen molar-refractivity contribution in [2.75, 3.05) is 0 Å². The van der Waals surface area contributed by atoms with Gasteiger partial charge in [-0.05, 0) is 35.1 Å². The zero-order chi connectivity index (χ0) is 17.5. The Morgan fingerprint density at radius 1 is 1.25 bits per heavy atom. The van der Waals surface area contributed by atoms with Crippen molar-refractivity contribution in [2.24, 2.45) is 5.92 Å². The molecule has 6 heteroatoms. The van der Waals surface area contributed by atoms with Crippen LogP contribution in [0, 0.1) is 17.2 Å². The van der Waals surface area contributed by atoms with E-state index in [0.29, 0.717) is 10.4 Å². The lowest BCUT2D eigenvalue weighted by molar-refractivity contribution is -0.148. The van der Waals surface area contributed by atoms with E-state index < -0.39 is 12.0 Å². The van der Waals surface area contributed by atoms with E-state index in [-0.39, 0.29) is 18.4 Å². The van der Waals surface area contributed by atoms with E-state index in [9.17, 15) is 9.59 Å². The van der Waals surface area contributed by atoms with E-state index in [0.717, 1.165) is 5.56 Å². The topological polar surface area (TPSA) is 79.2 Å². The first-order valence-electron chi connectivity index (χ1n) is 7.51. The summed E-state index contributed by atoms with van der Waals surface area (Å²) in [6.07, 6.45) is 0. The minimum atomic E-state index is -0.710. The van der Waals surface area contributed by atoms with Gasteiger partial charge in [0.25, 0.3) is 5.91 Å². The van der Waals surface area contributed by atoms with E-state index in [2.05, 4.69) is 5.32 Å². The van der Waals surface area contributed by atoms with Crippen LogP contribution in [0.5, 0.6) is 0 Å². The van der Waals surface area contributed by atoms with Crippen LogP contribution in [0.25, 0.3) is 0 Å². The van der Waals surface area contributed by atoms with Gasteiger partial charge in [0, 0.05) is 0 Å². The fraction of sp³-hybridized carbons (Fsp3) is 0.278. The smallest absolute Gasteiger partial charge is 0.329 e. The minimum Gasteiger partial charge on any atom is -0.459 e. The molecule has 124 valence electrons. The monoisotopic (exact) mass is 342 g/mol. The molecule has 1 N–H and O–H groups in total. The third-order valence-electron chi connectivity index (χ3n) is 3.42. The van der Waals surface area contributed by atoms with Crippen LogP contribution in [0.4, 0.5) is 0 Å². The van der Waals surface area contributed by atoms with Crippen LogP contribution in [0.2, 0.25) is 0 Å². The number of nitrogens with zero attached hydrogens (tertiary/aromatic N) is 1. The number of esters is 1. The van der Waals surface area contributed by atoms with Gasteiger partial charge in [0.15, 0.2) is 0 Å². The number of nitriles is 1. The molecule has 0 aliphatic carbocycles. The highest BCUT2D eigenvalue weighted by Crippen LogP contribution is 2.12. The average Bonchev–Trinajstić information content (AvgIpc) is 3.12. The molecule has 1 atom stereocenters. The number of rotatable bonds is 6. The summed E-state index contributed by atoms with van der Waals surface area (Å²) in [4.78, 5) is 25.0. The number of carbonyl (C=O) groups excluding carboxylic acids is 2. The van der Waals surface area contributed by atoms with Crippen LogP contribution >= 0.6 is 11.3 Å². The van der Waals surface area contributed by atoms with Gasteiger partial charge in [-0.1, -0.05) is 32.0 Å². The number of nitrogens with one attached hydrogen (secondary N) is 1. The maximum Gasteiger partial charge on any atom is 0.329 e. The Kier molecular flexibility index (Phi) is 6.10. The summed E-state index contributed by atoms with van der Waals surface area (Å²) in [6, 6.07) is 11.6. The standard InChI is InChI=1S/C18H18N2O3S/c1-12(2)16(20-17(21)15-4-3-9-24-15)18(22)23-11-14-7-5-13(10-19)6-8-14/h3-9,12,16H,11H2,1-2H3,(H,20,21). The van der Waals surface area contributed by atoms with Crippen LogP contribution in [0.15, 0.2) is 41.8 Å². The average molecular weight is 342 g/mol. The van der Waals surface area contributed by atoms with Crippen LogP contribution in [-0.4, -0.2) is 17.9 Å². The van der Waals surface area contributed by atoms with E-state index in [1.807, 2.05) is 25.3 Å². The van der Waals surface area contributed by atoms with Crippen molar-refractivity contribution in [3.05, 3.63) is 57.8 Å². The lowest BCUT2D eigenvalue weighted by atomic mass is 10.0. The van der Waals surface area contributed by atoms with Gasteiger partial charge in [-0.2, -0.15) is 5.26 Å². The van der Waals surface area contributed by atoms with Crippen LogP contribution in [0.3, 0.4) is 0 Å². The first-order valence-corrected chi connectivity index (χ1v) is 8.39. The molecular weight excluding hydrogens is 324 g/mol. The quantitative estimate of drug-likeness (QED) is 0.818. The molecule has 1 amide bonds. The predicted molar refractivity (Wildman–Crippen MR) is 91.4 cm³/mol. The van der Waals surface area contributed by atoms with Crippen molar-refractivity contribution in [2.45, 2.75) is 26.5 Å². The first kappa shape index (κ1) is 17.7. The summed E-state index contributed by atoms with van der Waals surface area (Å²) in [5.41, 5.74) is 1.34. The van der Waals surface area contributed by atoms with Gasteiger partial charge >= 0.3 is 5.97 Å². The zero-order valence-electron chi connectivity index (χ0n) is 13.5. The molecule has 0 aliphatic heterocycles. The molecular formula is C18H18N2O3S. The largest absolute Gasteiger partial charge is 0.459 e. The van der Waals surface area contributed by atoms with Crippen molar-refractivity contribution in [3.8, 4) is 6.07 Å². The maximum absolute atomic E-state index is 12.3. The van der Waals surface area contributed by atoms with Crippen molar-refractivity contribution >= 4 is 23.2 Å². The SMILES string of the molecule is CC(C)C(NC(=O)c1cccs1)C(=O)OCc1ccc(C#N)cc1. The van der Waals surface area contributed by atoms with Crippen LogP contribution in [-0.2, 0) is 16.1 Å². The normalized spacial score (nSPS) is 11.6. The second-order valence-electron chi connectivity index (χ2n) is 5.59. The summed E-state index contributed by atoms with van der Waals surface area (Å²) in [5, 5.41) is 13.3. The molecule has 0 aliphatic rings.